The van der Waals surface area contributed by atoms with E-state index in [9.17, 15) is 5.26 Å². The van der Waals surface area contributed by atoms with Crippen LogP contribution < -0.4 is 5.32 Å². The van der Waals surface area contributed by atoms with Gasteiger partial charge in [0.15, 0.2) is 0 Å². The predicted octanol–water partition coefficient (Wildman–Crippen LogP) is 2.62. The molecule has 78 valence electrons. The van der Waals surface area contributed by atoms with E-state index in [1.165, 1.54) is 24.0 Å². The van der Waals surface area contributed by atoms with Gasteiger partial charge in [0.05, 0.1) is 6.07 Å². The molecular weight excluding hydrogens is 184 g/mol. The minimum absolute atomic E-state index is 0.140. The van der Waals surface area contributed by atoms with Crippen molar-refractivity contribution in [1.29, 1.82) is 5.26 Å². The van der Waals surface area contributed by atoms with Crippen LogP contribution in [0, 0.1) is 25.2 Å². The fourth-order valence-corrected chi connectivity index (χ4v) is 1.95. The molecular formula is C13H16N2. The predicted molar refractivity (Wildman–Crippen MR) is 60.4 cm³/mol. The van der Waals surface area contributed by atoms with Crippen molar-refractivity contribution < 1.29 is 0 Å². The van der Waals surface area contributed by atoms with E-state index in [0.717, 1.165) is 5.56 Å². The molecule has 15 heavy (non-hydrogen) atoms. The van der Waals surface area contributed by atoms with Crippen molar-refractivity contribution in [3.63, 3.8) is 0 Å². The van der Waals surface area contributed by atoms with Crippen LogP contribution in [0.5, 0.6) is 0 Å². The summed E-state index contributed by atoms with van der Waals surface area (Å²) in [6.45, 7) is 4.14. The number of hydrogen-bond acceptors (Lipinski definition) is 2. The van der Waals surface area contributed by atoms with E-state index in [-0.39, 0.29) is 6.04 Å². The fourth-order valence-electron chi connectivity index (χ4n) is 1.95. The summed E-state index contributed by atoms with van der Waals surface area (Å²) in [5, 5.41) is 12.6. The molecule has 0 heterocycles. The van der Waals surface area contributed by atoms with Crippen LogP contribution in [0.4, 0.5) is 0 Å². The topological polar surface area (TPSA) is 35.8 Å². The second-order valence-corrected chi connectivity index (χ2v) is 4.31. The highest BCUT2D eigenvalue weighted by Crippen LogP contribution is 2.27. The lowest BCUT2D eigenvalue weighted by molar-refractivity contribution is 0.621. The van der Waals surface area contributed by atoms with Crippen LogP contribution in [0.3, 0.4) is 0 Å². The van der Waals surface area contributed by atoms with Crippen molar-refractivity contribution in [3.8, 4) is 6.07 Å². The largest absolute Gasteiger partial charge is 0.295 e. The van der Waals surface area contributed by atoms with Gasteiger partial charge in [-0.15, -0.1) is 0 Å². The third-order valence-electron chi connectivity index (χ3n) is 2.94. The van der Waals surface area contributed by atoms with Crippen molar-refractivity contribution in [2.24, 2.45) is 0 Å². The molecule has 0 spiro atoms. The van der Waals surface area contributed by atoms with Gasteiger partial charge in [0.25, 0.3) is 0 Å². The molecule has 0 aliphatic heterocycles. The Hall–Kier alpha value is -1.33. The van der Waals surface area contributed by atoms with Crippen molar-refractivity contribution in [3.05, 3.63) is 34.9 Å². The molecule has 2 heteroatoms. The zero-order valence-corrected chi connectivity index (χ0v) is 9.25. The maximum atomic E-state index is 9.19. The Kier molecular flexibility index (Phi) is 2.75. The van der Waals surface area contributed by atoms with Gasteiger partial charge in [0.1, 0.15) is 6.04 Å². The number of nitriles is 1. The van der Waals surface area contributed by atoms with E-state index in [2.05, 4.69) is 37.4 Å². The Morgan fingerprint density at radius 3 is 2.40 bits per heavy atom. The molecule has 1 aromatic rings. The van der Waals surface area contributed by atoms with Crippen LogP contribution in [0.1, 0.15) is 35.6 Å². The van der Waals surface area contributed by atoms with Gasteiger partial charge in [0.2, 0.25) is 0 Å². The van der Waals surface area contributed by atoms with Gasteiger partial charge in [-0.3, -0.25) is 5.32 Å². The third-order valence-corrected chi connectivity index (χ3v) is 2.94. The van der Waals surface area contributed by atoms with Gasteiger partial charge in [-0.05, 0) is 43.4 Å². The van der Waals surface area contributed by atoms with Crippen LogP contribution in [0.2, 0.25) is 0 Å². The van der Waals surface area contributed by atoms with Crippen molar-refractivity contribution in [2.45, 2.75) is 38.8 Å². The fraction of sp³-hybridized carbons (Fsp3) is 0.462. The maximum absolute atomic E-state index is 9.19. The highest BCUT2D eigenvalue weighted by atomic mass is 15.0. The standard InChI is InChI=1S/C13H16N2/c1-9-4-3-5-10(2)13(9)12(8-14)15-11-6-7-11/h3-5,11-12,15H,6-7H2,1-2H3. The summed E-state index contributed by atoms with van der Waals surface area (Å²) in [5.74, 6) is 0. The minimum Gasteiger partial charge on any atom is -0.295 e. The summed E-state index contributed by atoms with van der Waals surface area (Å²) in [6, 6.07) is 8.97. The Balaban J connectivity index is 2.28. The molecule has 1 atom stereocenters. The van der Waals surface area contributed by atoms with Gasteiger partial charge in [-0.2, -0.15) is 5.26 Å². The van der Waals surface area contributed by atoms with Crippen LogP contribution >= 0.6 is 0 Å². The first-order valence-corrected chi connectivity index (χ1v) is 5.44. The zero-order chi connectivity index (χ0) is 10.8. The Morgan fingerprint density at radius 1 is 1.33 bits per heavy atom. The molecule has 0 saturated heterocycles. The lowest BCUT2D eigenvalue weighted by Gasteiger charge is -2.16. The van der Waals surface area contributed by atoms with E-state index in [1.54, 1.807) is 0 Å². The first kappa shape index (κ1) is 10.2. The van der Waals surface area contributed by atoms with Gasteiger partial charge >= 0.3 is 0 Å². The lowest BCUT2D eigenvalue weighted by Crippen LogP contribution is -2.23. The monoisotopic (exact) mass is 200 g/mol. The smallest absolute Gasteiger partial charge is 0.122 e. The van der Waals surface area contributed by atoms with E-state index >= 15 is 0 Å². The average molecular weight is 200 g/mol. The van der Waals surface area contributed by atoms with Crippen LogP contribution in [0.25, 0.3) is 0 Å². The summed E-state index contributed by atoms with van der Waals surface area (Å²) in [7, 11) is 0. The van der Waals surface area contributed by atoms with Gasteiger partial charge in [-0.25, -0.2) is 0 Å². The highest BCUT2D eigenvalue weighted by Gasteiger charge is 2.26. The molecule has 2 rings (SSSR count). The quantitative estimate of drug-likeness (QED) is 0.814. The molecule has 0 aromatic heterocycles. The molecule has 1 unspecified atom stereocenters. The molecule has 1 aliphatic rings. The maximum Gasteiger partial charge on any atom is 0.122 e. The Labute approximate surface area is 90.9 Å². The molecule has 0 bridgehead atoms. The second-order valence-electron chi connectivity index (χ2n) is 4.31. The van der Waals surface area contributed by atoms with E-state index in [4.69, 9.17) is 0 Å². The van der Waals surface area contributed by atoms with Crippen LogP contribution in [-0.2, 0) is 0 Å². The Morgan fingerprint density at radius 2 is 1.93 bits per heavy atom. The van der Waals surface area contributed by atoms with Gasteiger partial charge in [0, 0.05) is 6.04 Å². The number of nitrogens with one attached hydrogen (secondary N) is 1. The van der Waals surface area contributed by atoms with E-state index in [1.807, 2.05) is 6.07 Å². The van der Waals surface area contributed by atoms with Crippen molar-refractivity contribution >= 4 is 0 Å². The highest BCUT2D eigenvalue weighted by molar-refractivity contribution is 5.39. The zero-order valence-electron chi connectivity index (χ0n) is 9.25. The minimum atomic E-state index is -0.140. The molecule has 0 amide bonds. The third kappa shape index (κ3) is 2.19. The summed E-state index contributed by atoms with van der Waals surface area (Å²) in [5.41, 5.74) is 3.57. The second kappa shape index (κ2) is 4.04. The Bertz CT molecular complexity index is 379. The number of nitrogens with zero attached hydrogens (tertiary/aromatic N) is 1. The molecule has 1 fully saturated rings. The van der Waals surface area contributed by atoms with E-state index in [0.29, 0.717) is 6.04 Å². The first-order chi connectivity index (χ1) is 7.22. The molecule has 2 nitrogen and oxygen atoms in total. The summed E-state index contributed by atoms with van der Waals surface area (Å²) in [4.78, 5) is 0. The van der Waals surface area contributed by atoms with Crippen molar-refractivity contribution in [1.82, 2.24) is 5.32 Å². The summed E-state index contributed by atoms with van der Waals surface area (Å²) < 4.78 is 0. The number of aryl methyl sites for hydroxylation is 2. The van der Waals surface area contributed by atoms with E-state index < -0.39 is 0 Å². The summed E-state index contributed by atoms with van der Waals surface area (Å²) in [6.07, 6.45) is 2.42. The lowest BCUT2D eigenvalue weighted by atomic mass is 9.97. The van der Waals surface area contributed by atoms with Gasteiger partial charge in [-0.1, -0.05) is 18.2 Å². The van der Waals surface area contributed by atoms with Crippen LogP contribution in [0.15, 0.2) is 18.2 Å². The molecule has 1 saturated carbocycles. The molecule has 1 N–H and O–H groups in total. The first-order valence-electron chi connectivity index (χ1n) is 5.44. The number of rotatable bonds is 3. The molecule has 0 radical (unpaired) electrons. The normalized spacial score (nSPS) is 17.1. The molecule has 1 aliphatic carbocycles. The number of hydrogen-bond donors (Lipinski definition) is 1. The van der Waals surface area contributed by atoms with Crippen LogP contribution in [-0.4, -0.2) is 6.04 Å². The summed E-state index contributed by atoms with van der Waals surface area (Å²) >= 11 is 0. The average Bonchev–Trinajstić information content (AvgIpc) is 2.99. The number of benzene rings is 1. The van der Waals surface area contributed by atoms with Gasteiger partial charge < -0.3 is 0 Å². The SMILES string of the molecule is Cc1cccc(C)c1C(C#N)NC1CC1. The van der Waals surface area contributed by atoms with Crippen molar-refractivity contribution in [2.75, 3.05) is 0 Å². The molecule has 1 aromatic carbocycles.